The molecule has 0 aliphatic carbocycles. The fourth-order valence-electron chi connectivity index (χ4n) is 5.74. The van der Waals surface area contributed by atoms with Crippen molar-refractivity contribution in [1.82, 2.24) is 9.80 Å². The van der Waals surface area contributed by atoms with E-state index in [0.29, 0.717) is 25.9 Å². The molecule has 0 saturated heterocycles. The van der Waals surface area contributed by atoms with E-state index in [4.69, 9.17) is 18.9 Å². The molecule has 0 atom stereocenters. The summed E-state index contributed by atoms with van der Waals surface area (Å²) in [6, 6.07) is 15.8. The fraction of sp³-hybridized carbons (Fsp3) is 0.524. The molecule has 4 heterocycles. The highest BCUT2D eigenvalue weighted by molar-refractivity contribution is 5.97. The molecule has 6 rings (SSSR count). The highest BCUT2D eigenvalue weighted by atomic mass is 16.6. The lowest BCUT2D eigenvalue weighted by molar-refractivity contribution is -0.138. The molecule has 10 nitrogen and oxygen atoms in total. The minimum Gasteiger partial charge on any atom is -0.464 e. The number of hydrogen-bond donors (Lipinski definition) is 0. The van der Waals surface area contributed by atoms with Gasteiger partial charge in [0.1, 0.15) is 22.6 Å². The van der Waals surface area contributed by atoms with Crippen molar-refractivity contribution in [2.45, 2.75) is 117 Å². The van der Waals surface area contributed by atoms with E-state index in [9.17, 15) is 19.2 Å². The second kappa shape index (κ2) is 19.9. The average molecular weight is 719 g/mol. The van der Waals surface area contributed by atoms with Crippen molar-refractivity contribution in [1.29, 1.82) is 0 Å². The van der Waals surface area contributed by atoms with Crippen molar-refractivity contribution in [2.24, 2.45) is 0 Å². The first kappa shape index (κ1) is 41.8. The third-order valence-electron chi connectivity index (χ3n) is 8.36. The van der Waals surface area contributed by atoms with Gasteiger partial charge in [-0.3, -0.25) is 9.80 Å². The van der Waals surface area contributed by atoms with Crippen molar-refractivity contribution in [3.05, 3.63) is 82.2 Å². The van der Waals surface area contributed by atoms with Gasteiger partial charge in [0.25, 0.3) is 0 Å². The van der Waals surface area contributed by atoms with Crippen molar-refractivity contribution < 1.29 is 38.1 Å². The molecular weight excluding hydrogens is 660 g/mol. The summed E-state index contributed by atoms with van der Waals surface area (Å²) in [6.45, 7) is 11.4. The van der Waals surface area contributed by atoms with Crippen LogP contribution < -0.4 is 0 Å². The smallest absolute Gasteiger partial charge is 0.415 e. The zero-order valence-corrected chi connectivity index (χ0v) is 32.4. The molecule has 0 unspecified atom stereocenters. The Hall–Kier alpha value is -4.60. The van der Waals surface area contributed by atoms with E-state index < -0.39 is 35.3 Å². The molecule has 2 amide bonds. The molecule has 4 aliphatic heterocycles. The van der Waals surface area contributed by atoms with Crippen molar-refractivity contribution >= 4 is 36.3 Å². The zero-order valence-electron chi connectivity index (χ0n) is 32.4. The molecule has 284 valence electrons. The van der Waals surface area contributed by atoms with E-state index in [1.807, 2.05) is 48.5 Å². The van der Waals surface area contributed by atoms with E-state index in [2.05, 4.69) is 0 Å². The maximum absolute atomic E-state index is 13.4. The van der Waals surface area contributed by atoms with Crippen LogP contribution in [0.25, 0.3) is 12.2 Å². The van der Waals surface area contributed by atoms with Crippen LogP contribution in [0.1, 0.15) is 115 Å². The van der Waals surface area contributed by atoms with Crippen LogP contribution in [-0.2, 0) is 41.4 Å². The summed E-state index contributed by atoms with van der Waals surface area (Å²) < 4.78 is 21.7. The van der Waals surface area contributed by atoms with Gasteiger partial charge in [-0.1, -0.05) is 74.2 Å². The van der Waals surface area contributed by atoms with Crippen LogP contribution in [0.2, 0.25) is 0 Å². The van der Waals surface area contributed by atoms with Crippen LogP contribution in [0.5, 0.6) is 0 Å². The number of benzene rings is 2. The van der Waals surface area contributed by atoms with Crippen LogP contribution in [0.15, 0.2) is 59.9 Å². The number of ether oxygens (including phenoxy) is 4. The van der Waals surface area contributed by atoms with Gasteiger partial charge in [-0.25, -0.2) is 19.2 Å². The maximum Gasteiger partial charge on any atom is 0.415 e. The zero-order chi connectivity index (χ0) is 38.3. The van der Waals surface area contributed by atoms with E-state index in [0.717, 1.165) is 73.6 Å². The summed E-state index contributed by atoms with van der Waals surface area (Å²) in [5.74, 6) is -1.21. The first-order chi connectivity index (χ1) is 24.6. The van der Waals surface area contributed by atoms with Gasteiger partial charge in [-0.15, -0.1) is 0 Å². The van der Waals surface area contributed by atoms with Crippen LogP contribution in [0.3, 0.4) is 0 Å². The largest absolute Gasteiger partial charge is 0.464 e. The molecule has 0 N–H and O–H groups in total. The Morgan fingerprint density at radius 3 is 1.13 bits per heavy atom. The topological polar surface area (TPSA) is 112 Å². The van der Waals surface area contributed by atoms with E-state index in [-0.39, 0.29) is 11.4 Å². The van der Waals surface area contributed by atoms with Gasteiger partial charge in [0.15, 0.2) is 0 Å². The number of hydrogen-bond acceptors (Lipinski definition) is 8. The summed E-state index contributed by atoms with van der Waals surface area (Å²) in [5, 5.41) is 0. The Kier molecular flexibility index (Phi) is 16.0. The molecule has 4 bridgehead atoms. The normalized spacial score (nSPS) is 18.0. The molecule has 4 aliphatic rings. The van der Waals surface area contributed by atoms with Gasteiger partial charge in [-0.05, 0) is 114 Å². The van der Waals surface area contributed by atoms with Gasteiger partial charge < -0.3 is 18.9 Å². The van der Waals surface area contributed by atoms with Gasteiger partial charge >= 0.3 is 24.1 Å². The van der Waals surface area contributed by atoms with Gasteiger partial charge in [0.05, 0.1) is 14.2 Å². The van der Waals surface area contributed by atoms with Gasteiger partial charge in [-0.2, -0.15) is 0 Å². The highest BCUT2D eigenvalue weighted by Gasteiger charge is 2.30. The van der Waals surface area contributed by atoms with Gasteiger partial charge in [0, 0.05) is 13.1 Å². The third kappa shape index (κ3) is 14.2. The SMILES string of the molecule is COC(=O)/C1=C/c2ccc(cc2)CCCCCCN(C(=O)OC(C)(C)C)/C(C(=O)OC)=C\c2ccc(cc2)CCCCCCN1C(=O)OC(C)(C)C. The average Bonchev–Trinajstić information content (AvgIpc) is 3.08. The monoisotopic (exact) mass is 718 g/mol. The van der Waals surface area contributed by atoms with Crippen LogP contribution >= 0.6 is 0 Å². The number of esters is 2. The summed E-state index contributed by atoms with van der Waals surface area (Å²) in [4.78, 5) is 55.7. The molecule has 10 heteroatoms. The van der Waals surface area contributed by atoms with Gasteiger partial charge in [0.2, 0.25) is 0 Å². The summed E-state index contributed by atoms with van der Waals surface area (Å²) in [7, 11) is 2.62. The van der Waals surface area contributed by atoms with Crippen molar-refractivity contribution in [3.63, 3.8) is 0 Å². The van der Waals surface area contributed by atoms with Crippen LogP contribution in [-0.4, -0.2) is 72.4 Å². The second-order valence-electron chi connectivity index (χ2n) is 15.1. The Morgan fingerprint density at radius 2 is 0.827 bits per heavy atom. The second-order valence-corrected chi connectivity index (χ2v) is 15.1. The first-order valence-electron chi connectivity index (χ1n) is 18.4. The first-order valence-corrected chi connectivity index (χ1v) is 18.4. The Morgan fingerprint density at radius 1 is 0.500 bits per heavy atom. The van der Waals surface area contributed by atoms with Crippen LogP contribution in [0, 0.1) is 0 Å². The molecule has 0 saturated carbocycles. The fourth-order valence-corrected chi connectivity index (χ4v) is 5.74. The standard InChI is InChI=1S/C42H58N2O8/c1-41(2,3)51-39(47)43-27-15-11-9-13-17-32-21-25-34(26-22-32)30-36(38(46)50-8)44(40(48)52-42(4,5)6)28-16-12-10-14-18-31-19-23-33(24-20-31)29-35(43)37(45)49-7/h19-26,29-30H,9-18,27-28H2,1-8H3/b35-29-,36-30-. The number of rotatable bonds is 2. The Labute approximate surface area is 310 Å². The number of carbonyl (C=O) groups excluding carboxylic acids is 4. The molecule has 2 aromatic carbocycles. The molecule has 52 heavy (non-hydrogen) atoms. The molecular formula is C42H58N2O8. The van der Waals surface area contributed by atoms with Crippen LogP contribution in [0.4, 0.5) is 9.59 Å². The summed E-state index contributed by atoms with van der Waals surface area (Å²) >= 11 is 0. The Bertz CT molecular complexity index is 1430. The van der Waals surface area contributed by atoms with E-state index >= 15 is 0 Å². The lowest BCUT2D eigenvalue weighted by atomic mass is 10.0. The highest BCUT2D eigenvalue weighted by Crippen LogP contribution is 2.23. The predicted octanol–water partition coefficient (Wildman–Crippen LogP) is 9.11. The van der Waals surface area contributed by atoms with E-state index in [1.54, 1.807) is 53.7 Å². The quantitative estimate of drug-likeness (QED) is 0.223. The number of amides is 2. The number of carbonyl (C=O) groups is 4. The predicted molar refractivity (Wildman–Crippen MR) is 203 cm³/mol. The molecule has 0 fully saturated rings. The molecule has 0 aromatic heterocycles. The molecule has 0 spiro atoms. The number of aryl methyl sites for hydroxylation is 2. The Balaban J connectivity index is 1.91. The lowest BCUT2D eigenvalue weighted by Gasteiger charge is -2.28. The summed E-state index contributed by atoms with van der Waals surface area (Å²) in [5.41, 5.74) is 2.61. The molecule has 0 radical (unpaired) electrons. The minimum atomic E-state index is -0.736. The number of methoxy groups -OCH3 is 2. The molecule has 2 aromatic rings. The summed E-state index contributed by atoms with van der Waals surface area (Å²) in [6.07, 6.45) is 10.6. The van der Waals surface area contributed by atoms with Crippen molar-refractivity contribution in [3.8, 4) is 0 Å². The van der Waals surface area contributed by atoms with E-state index in [1.165, 1.54) is 24.0 Å². The minimum absolute atomic E-state index is 0.135. The maximum atomic E-state index is 13.4. The number of nitrogens with zero attached hydrogens (tertiary/aromatic N) is 2. The lowest BCUT2D eigenvalue weighted by Crippen LogP contribution is -2.39. The van der Waals surface area contributed by atoms with Crippen molar-refractivity contribution in [2.75, 3.05) is 27.3 Å². The third-order valence-corrected chi connectivity index (χ3v) is 8.36.